The number of nitrogens with zero attached hydrogens (tertiary/aromatic N) is 4. The minimum atomic E-state index is -2.13. The Kier molecular flexibility index (Phi) is 2.68. The van der Waals surface area contributed by atoms with Crippen molar-refractivity contribution in [1.29, 1.82) is 0 Å². The number of hydrogen-bond donors (Lipinski definition) is 2. The first-order valence-electron chi connectivity index (χ1n) is 3.74. The van der Waals surface area contributed by atoms with E-state index in [1.165, 1.54) is 0 Å². The Labute approximate surface area is 86.7 Å². The molecule has 0 amide bonds. The van der Waals surface area contributed by atoms with Crippen LogP contribution in [0.15, 0.2) is 23.3 Å². The topological polar surface area (TPSA) is 163 Å². The van der Waals surface area contributed by atoms with Crippen LogP contribution < -0.4 is 0 Å². The summed E-state index contributed by atoms with van der Waals surface area (Å²) in [6.45, 7) is 0. The third-order valence-electron chi connectivity index (χ3n) is 1.83. The van der Waals surface area contributed by atoms with Crippen molar-refractivity contribution in [1.82, 2.24) is 0 Å². The molecule has 1 atom stereocenters. The first kappa shape index (κ1) is 11.3. The van der Waals surface area contributed by atoms with Crippen molar-refractivity contribution in [3.63, 3.8) is 0 Å². The predicted molar refractivity (Wildman–Crippen MR) is 46.8 cm³/mol. The molecule has 0 fully saturated rings. The predicted octanol–water partition coefficient (Wildman–Crippen LogP) is -0.196. The largest absolute Gasteiger partial charge is 0.504 e. The van der Waals surface area contributed by atoms with Crippen LogP contribution in [0.25, 0.3) is 5.53 Å². The Bertz CT molecular complexity index is 485. The van der Waals surface area contributed by atoms with Crippen molar-refractivity contribution in [3.05, 3.63) is 49.1 Å². The van der Waals surface area contributed by atoms with E-state index in [9.17, 15) is 20.2 Å². The van der Waals surface area contributed by atoms with Gasteiger partial charge in [0.2, 0.25) is 5.76 Å². The van der Waals surface area contributed by atoms with E-state index in [1.807, 2.05) is 0 Å². The molecule has 0 heterocycles. The van der Waals surface area contributed by atoms with Gasteiger partial charge in [0.1, 0.15) is 0 Å². The van der Waals surface area contributed by atoms with Gasteiger partial charge in [0.05, 0.1) is 11.0 Å². The average Bonchev–Trinajstić information content (AvgIpc) is 2.19. The van der Waals surface area contributed by atoms with Gasteiger partial charge >= 0.3 is 17.5 Å². The van der Waals surface area contributed by atoms with Crippen molar-refractivity contribution >= 4 is 5.71 Å². The zero-order valence-electron chi connectivity index (χ0n) is 7.47. The van der Waals surface area contributed by atoms with E-state index in [1.54, 1.807) is 0 Å². The first-order valence-corrected chi connectivity index (χ1v) is 3.74. The highest BCUT2D eigenvalue weighted by atomic mass is 16.6. The molecule has 0 aromatic heterocycles. The maximum atomic E-state index is 10.5. The van der Waals surface area contributed by atoms with E-state index < -0.39 is 38.8 Å². The maximum absolute atomic E-state index is 10.5. The molecule has 1 rings (SSSR count). The van der Waals surface area contributed by atoms with Gasteiger partial charge in [0.25, 0.3) is 0 Å². The molecule has 84 valence electrons. The van der Waals surface area contributed by atoms with Gasteiger partial charge in [0, 0.05) is 4.92 Å². The summed E-state index contributed by atoms with van der Waals surface area (Å²) in [5.74, 6) is -2.20. The second-order valence-corrected chi connectivity index (χ2v) is 2.73. The normalized spacial score (nSPS) is 20.1. The Hall–Kier alpha value is -2.74. The highest BCUT2D eigenvalue weighted by Crippen LogP contribution is 2.22. The van der Waals surface area contributed by atoms with E-state index in [-0.39, 0.29) is 0 Å². The highest BCUT2D eigenvalue weighted by molar-refractivity contribution is 5.98. The van der Waals surface area contributed by atoms with Gasteiger partial charge in [-0.3, -0.25) is 20.2 Å². The third kappa shape index (κ3) is 1.60. The van der Waals surface area contributed by atoms with Crippen molar-refractivity contribution in [3.8, 4) is 0 Å². The molecule has 10 heteroatoms. The zero-order chi connectivity index (χ0) is 12.5. The minimum absolute atomic E-state index is 0.565. The summed E-state index contributed by atoms with van der Waals surface area (Å²) in [4.78, 5) is 21.2. The van der Waals surface area contributed by atoms with Gasteiger partial charge in [-0.2, -0.15) is 4.79 Å². The Morgan fingerprint density at radius 3 is 2.31 bits per heavy atom. The Balaban J connectivity index is 3.51. The molecular formula is C6H4N4O6. The molecule has 0 aromatic carbocycles. The average molecular weight is 228 g/mol. The summed E-state index contributed by atoms with van der Waals surface area (Å²) in [6.07, 6.45) is 0.565. The molecule has 16 heavy (non-hydrogen) atoms. The minimum Gasteiger partial charge on any atom is -0.504 e. The van der Waals surface area contributed by atoms with Crippen LogP contribution in [-0.2, 0) is 0 Å². The Morgan fingerprint density at radius 1 is 1.38 bits per heavy atom. The maximum Gasteiger partial charge on any atom is 0.402 e. The van der Waals surface area contributed by atoms with Gasteiger partial charge < -0.3 is 15.7 Å². The van der Waals surface area contributed by atoms with Crippen molar-refractivity contribution in [2.24, 2.45) is 0 Å². The van der Waals surface area contributed by atoms with E-state index in [0.29, 0.717) is 6.08 Å². The first-order chi connectivity index (χ1) is 7.40. The summed E-state index contributed by atoms with van der Waals surface area (Å²) >= 11 is 0. The lowest BCUT2D eigenvalue weighted by Crippen LogP contribution is -2.38. The number of aliphatic hydroxyl groups excluding tert-OH is 2. The van der Waals surface area contributed by atoms with Gasteiger partial charge in [0.15, 0.2) is 5.76 Å². The second-order valence-electron chi connectivity index (χ2n) is 2.73. The summed E-state index contributed by atoms with van der Waals surface area (Å²) in [5.41, 5.74) is 6.42. The molecule has 0 saturated carbocycles. The van der Waals surface area contributed by atoms with Crippen LogP contribution in [-0.4, -0.2) is 36.6 Å². The van der Waals surface area contributed by atoms with Crippen LogP contribution >= 0.6 is 0 Å². The van der Waals surface area contributed by atoms with E-state index in [4.69, 9.17) is 15.7 Å². The van der Waals surface area contributed by atoms with Crippen LogP contribution in [0, 0.1) is 20.2 Å². The monoisotopic (exact) mass is 228 g/mol. The lowest BCUT2D eigenvalue weighted by Gasteiger charge is -2.08. The van der Waals surface area contributed by atoms with Gasteiger partial charge in [-0.05, 0) is 0 Å². The van der Waals surface area contributed by atoms with Gasteiger partial charge in [-0.1, -0.05) is 0 Å². The van der Waals surface area contributed by atoms with Gasteiger partial charge in [-0.25, -0.2) is 0 Å². The molecule has 1 unspecified atom stereocenters. The molecule has 10 nitrogen and oxygen atoms in total. The van der Waals surface area contributed by atoms with Crippen LogP contribution in [0.1, 0.15) is 0 Å². The fourth-order valence-electron chi connectivity index (χ4n) is 1.17. The summed E-state index contributed by atoms with van der Waals surface area (Å²) in [6, 6.07) is -2.13. The fraction of sp³-hybridized carbons (Fsp3) is 0.167. The molecule has 2 N–H and O–H groups in total. The molecule has 0 spiro atoms. The standard InChI is InChI=1S/C6H4N4O6/c7-8-2-1-3(11)6(12)5(10(15)16)4(2)9(13)14/h1,4,11-12H. The van der Waals surface area contributed by atoms with Crippen molar-refractivity contribution in [2.45, 2.75) is 6.04 Å². The summed E-state index contributed by atoms with van der Waals surface area (Å²) in [7, 11) is 0. The van der Waals surface area contributed by atoms with Crippen LogP contribution in [0.5, 0.6) is 0 Å². The third-order valence-corrected chi connectivity index (χ3v) is 1.83. The lowest BCUT2D eigenvalue weighted by molar-refractivity contribution is -0.542. The van der Waals surface area contributed by atoms with E-state index in [2.05, 4.69) is 4.79 Å². The molecule has 0 bridgehead atoms. The number of aliphatic hydroxyl groups is 2. The van der Waals surface area contributed by atoms with Gasteiger partial charge in [-0.15, -0.1) is 0 Å². The lowest BCUT2D eigenvalue weighted by atomic mass is 10.0. The fourth-order valence-corrected chi connectivity index (χ4v) is 1.17. The SMILES string of the molecule is [N-]=[N+]=C1C=C(O)C(O)=C([N+](=O)[O-])C1[N+](=O)[O-]. The molecule has 1 aliphatic rings. The highest BCUT2D eigenvalue weighted by Gasteiger charge is 2.52. The quantitative estimate of drug-likeness (QED) is 0.287. The summed E-state index contributed by atoms with van der Waals surface area (Å²) < 4.78 is 0. The number of nitro groups is 2. The molecule has 0 saturated heterocycles. The number of hydrogen-bond acceptors (Lipinski definition) is 6. The van der Waals surface area contributed by atoms with E-state index in [0.717, 1.165) is 0 Å². The van der Waals surface area contributed by atoms with Crippen LogP contribution in [0.4, 0.5) is 0 Å². The zero-order valence-corrected chi connectivity index (χ0v) is 7.47. The molecule has 0 radical (unpaired) electrons. The smallest absolute Gasteiger partial charge is 0.402 e. The van der Waals surface area contributed by atoms with E-state index >= 15 is 0 Å². The second kappa shape index (κ2) is 3.79. The summed E-state index contributed by atoms with van der Waals surface area (Å²) in [5, 5.41) is 39.2. The molecule has 0 aromatic rings. The molecule has 0 aliphatic heterocycles. The van der Waals surface area contributed by atoms with Crippen molar-refractivity contribution in [2.75, 3.05) is 0 Å². The number of rotatable bonds is 2. The van der Waals surface area contributed by atoms with Crippen molar-refractivity contribution < 1.29 is 24.8 Å². The molecule has 1 aliphatic carbocycles. The van der Waals surface area contributed by atoms with Crippen LogP contribution in [0.3, 0.4) is 0 Å². The molecular weight excluding hydrogens is 224 g/mol. The van der Waals surface area contributed by atoms with Crippen LogP contribution in [0.2, 0.25) is 0 Å². The Morgan fingerprint density at radius 2 is 1.94 bits per heavy atom.